The van der Waals surface area contributed by atoms with Crippen molar-refractivity contribution in [2.24, 2.45) is 0 Å². The average Bonchev–Trinajstić information content (AvgIpc) is 3.27. The topological polar surface area (TPSA) is 66.6 Å². The fraction of sp³-hybridized carbons (Fsp3) is 0.222. The summed E-state index contributed by atoms with van der Waals surface area (Å²) in [5, 5.41) is 4.33. The second-order valence-corrected chi connectivity index (χ2v) is 8.22. The first kappa shape index (κ1) is 22.6. The fourth-order valence-electron chi connectivity index (χ4n) is 3.76. The third kappa shape index (κ3) is 5.42. The first-order valence-corrected chi connectivity index (χ1v) is 10.9. The Balaban J connectivity index is 1.64. The Labute approximate surface area is 194 Å². The number of H-pyrrole nitrogens is 1. The van der Waals surface area contributed by atoms with E-state index in [0.29, 0.717) is 18.9 Å². The smallest absolute Gasteiger partial charge is 0.191 e. The van der Waals surface area contributed by atoms with Gasteiger partial charge in [-0.25, -0.2) is 0 Å². The number of carbonyl (C=O) groups excluding carboxylic acids is 1. The van der Waals surface area contributed by atoms with Crippen molar-refractivity contribution in [3.05, 3.63) is 95.7 Å². The number of methoxy groups -OCH3 is 1. The van der Waals surface area contributed by atoms with Gasteiger partial charge in [-0.1, -0.05) is 48.5 Å². The zero-order valence-electron chi connectivity index (χ0n) is 19.2. The van der Waals surface area contributed by atoms with Crippen molar-refractivity contribution in [2.45, 2.75) is 12.6 Å². The maximum atomic E-state index is 13.8. The Kier molecular flexibility index (Phi) is 7.07. The zero-order chi connectivity index (χ0) is 23.2. The first-order valence-electron chi connectivity index (χ1n) is 10.9. The van der Waals surface area contributed by atoms with Crippen LogP contribution in [0, 0.1) is 0 Å². The predicted molar refractivity (Wildman–Crippen MR) is 132 cm³/mol. The zero-order valence-corrected chi connectivity index (χ0v) is 19.2. The van der Waals surface area contributed by atoms with Crippen LogP contribution in [-0.4, -0.2) is 43.6 Å². The van der Waals surface area contributed by atoms with Gasteiger partial charge in [-0.15, -0.1) is 0 Å². The van der Waals surface area contributed by atoms with Gasteiger partial charge in [0.1, 0.15) is 11.8 Å². The Bertz CT molecular complexity index is 1210. The van der Waals surface area contributed by atoms with Crippen molar-refractivity contribution in [3.8, 4) is 5.75 Å². The molecule has 1 unspecified atom stereocenters. The van der Waals surface area contributed by atoms with E-state index >= 15 is 0 Å². The van der Waals surface area contributed by atoms with Gasteiger partial charge >= 0.3 is 0 Å². The number of benzene rings is 3. The lowest BCUT2D eigenvalue weighted by Crippen LogP contribution is -2.21. The van der Waals surface area contributed by atoms with Crippen molar-refractivity contribution in [1.82, 2.24) is 9.88 Å². The van der Waals surface area contributed by atoms with Crippen molar-refractivity contribution in [2.75, 3.05) is 33.3 Å². The van der Waals surface area contributed by atoms with E-state index in [2.05, 4.69) is 10.3 Å². The number of rotatable bonds is 10. The van der Waals surface area contributed by atoms with Crippen LogP contribution in [0.15, 0.2) is 79.0 Å². The quantitative estimate of drug-likeness (QED) is 0.259. The lowest BCUT2D eigenvalue weighted by Gasteiger charge is -2.20. The Morgan fingerprint density at radius 1 is 1.03 bits per heavy atom. The number of anilines is 1. The molecule has 0 saturated carbocycles. The molecular weight excluding hydrogens is 414 g/mol. The molecular formula is C27H29N3O3. The molecule has 0 fully saturated rings. The summed E-state index contributed by atoms with van der Waals surface area (Å²) in [6.07, 6.45) is 1.79. The van der Waals surface area contributed by atoms with E-state index in [1.165, 1.54) is 0 Å². The third-order valence-corrected chi connectivity index (χ3v) is 5.43. The van der Waals surface area contributed by atoms with Gasteiger partial charge in [-0.05, 0) is 43.4 Å². The van der Waals surface area contributed by atoms with Gasteiger partial charge < -0.3 is 19.8 Å². The second-order valence-electron chi connectivity index (χ2n) is 8.22. The van der Waals surface area contributed by atoms with Crippen LogP contribution in [-0.2, 0) is 11.3 Å². The molecule has 4 aromatic rings. The normalized spacial score (nSPS) is 12.1. The largest absolute Gasteiger partial charge is 0.497 e. The monoisotopic (exact) mass is 443 g/mol. The number of hydrogen-bond donors (Lipinski definition) is 2. The maximum absolute atomic E-state index is 13.8. The van der Waals surface area contributed by atoms with Crippen molar-refractivity contribution < 1.29 is 14.3 Å². The van der Waals surface area contributed by atoms with Crippen LogP contribution in [0.3, 0.4) is 0 Å². The number of ketones is 1. The molecule has 1 heterocycles. The van der Waals surface area contributed by atoms with E-state index in [4.69, 9.17) is 9.47 Å². The van der Waals surface area contributed by atoms with Crippen LogP contribution >= 0.6 is 0 Å². The van der Waals surface area contributed by atoms with Crippen molar-refractivity contribution >= 4 is 22.4 Å². The minimum absolute atomic E-state index is 0.00752. The molecule has 2 N–H and O–H groups in total. The average molecular weight is 444 g/mol. The summed E-state index contributed by atoms with van der Waals surface area (Å²) in [5.74, 6) is 0.721. The third-order valence-electron chi connectivity index (χ3n) is 5.43. The Morgan fingerprint density at radius 2 is 1.82 bits per heavy atom. The highest BCUT2D eigenvalue weighted by Gasteiger charge is 2.24. The molecule has 6 nitrogen and oxygen atoms in total. The number of fused-ring (bicyclic) bond motifs is 1. The standard InChI is InChI=1S/C27H29N3O3/c1-30(2)18-33-17-19-11-13-20(14-12-19)26(29-21-7-6-8-22(15-21)32-3)27(31)24-16-28-25-10-5-4-9-23(24)25/h4-16,26,28-29H,17-18H2,1-3H3. The van der Waals surface area contributed by atoms with Gasteiger partial charge in [0.25, 0.3) is 0 Å². The van der Waals surface area contributed by atoms with Gasteiger partial charge in [0.05, 0.1) is 20.4 Å². The summed E-state index contributed by atoms with van der Waals surface area (Å²) in [6, 6.07) is 22.9. The molecule has 33 heavy (non-hydrogen) atoms. The van der Waals surface area contributed by atoms with Crippen LogP contribution in [0.2, 0.25) is 0 Å². The van der Waals surface area contributed by atoms with Crippen LogP contribution in [0.5, 0.6) is 5.75 Å². The molecule has 0 aliphatic carbocycles. The summed E-state index contributed by atoms with van der Waals surface area (Å²) >= 11 is 0. The van der Waals surface area contributed by atoms with E-state index in [0.717, 1.165) is 33.5 Å². The Hall–Kier alpha value is -3.61. The van der Waals surface area contributed by atoms with Gasteiger partial charge in [0, 0.05) is 34.4 Å². The molecule has 0 bridgehead atoms. The second kappa shape index (κ2) is 10.3. The molecule has 0 saturated heterocycles. The minimum Gasteiger partial charge on any atom is -0.497 e. The lowest BCUT2D eigenvalue weighted by molar-refractivity contribution is 0.0451. The number of Topliss-reactive ketones (excluding diaryl/α,β-unsaturated/α-hetero) is 1. The number of aromatic nitrogens is 1. The molecule has 0 amide bonds. The summed E-state index contributed by atoms with van der Waals surface area (Å²) in [5.41, 5.74) is 4.34. The van der Waals surface area contributed by atoms with E-state index in [9.17, 15) is 4.79 Å². The Morgan fingerprint density at radius 3 is 2.58 bits per heavy atom. The lowest BCUT2D eigenvalue weighted by atomic mass is 9.96. The number of para-hydroxylation sites is 1. The van der Waals surface area contributed by atoms with Gasteiger partial charge in [-0.2, -0.15) is 0 Å². The molecule has 1 atom stereocenters. The molecule has 4 rings (SSSR count). The summed E-state index contributed by atoms with van der Waals surface area (Å²) in [4.78, 5) is 19.0. The highest BCUT2D eigenvalue weighted by molar-refractivity contribution is 6.11. The summed E-state index contributed by atoms with van der Waals surface area (Å²) < 4.78 is 11.0. The van der Waals surface area contributed by atoms with Crippen LogP contribution in [0.1, 0.15) is 27.5 Å². The molecule has 170 valence electrons. The van der Waals surface area contributed by atoms with E-state index in [-0.39, 0.29) is 5.78 Å². The van der Waals surface area contributed by atoms with Crippen LogP contribution in [0.25, 0.3) is 10.9 Å². The number of ether oxygens (including phenoxy) is 2. The van der Waals surface area contributed by atoms with Gasteiger partial charge in [-0.3, -0.25) is 9.69 Å². The number of aromatic amines is 1. The predicted octanol–water partition coefficient (Wildman–Crippen LogP) is 5.25. The summed E-state index contributed by atoms with van der Waals surface area (Å²) in [7, 11) is 5.56. The minimum atomic E-state index is -0.562. The number of nitrogens with zero attached hydrogens (tertiary/aromatic N) is 1. The van der Waals surface area contributed by atoms with Gasteiger partial charge in [0.15, 0.2) is 5.78 Å². The first-order chi connectivity index (χ1) is 16.0. The highest BCUT2D eigenvalue weighted by atomic mass is 16.5. The van der Waals surface area contributed by atoms with Crippen molar-refractivity contribution in [3.63, 3.8) is 0 Å². The van der Waals surface area contributed by atoms with Crippen LogP contribution in [0.4, 0.5) is 5.69 Å². The molecule has 0 spiro atoms. The highest BCUT2D eigenvalue weighted by Crippen LogP contribution is 2.29. The van der Waals surface area contributed by atoms with Crippen molar-refractivity contribution in [1.29, 1.82) is 0 Å². The van der Waals surface area contributed by atoms with E-state index in [1.807, 2.05) is 91.8 Å². The van der Waals surface area contributed by atoms with E-state index < -0.39 is 6.04 Å². The maximum Gasteiger partial charge on any atom is 0.191 e. The molecule has 6 heteroatoms. The summed E-state index contributed by atoms with van der Waals surface area (Å²) in [6.45, 7) is 1.07. The molecule has 0 radical (unpaired) electrons. The number of nitrogens with one attached hydrogen (secondary N) is 2. The van der Waals surface area contributed by atoms with Crippen LogP contribution < -0.4 is 10.1 Å². The number of hydrogen-bond acceptors (Lipinski definition) is 5. The molecule has 0 aliphatic heterocycles. The van der Waals surface area contributed by atoms with Gasteiger partial charge in [0.2, 0.25) is 0 Å². The molecule has 1 aromatic heterocycles. The number of carbonyl (C=O) groups is 1. The SMILES string of the molecule is COc1cccc(NC(C(=O)c2c[nH]c3ccccc23)c2ccc(COCN(C)C)cc2)c1. The molecule has 3 aromatic carbocycles. The van der Waals surface area contributed by atoms with E-state index in [1.54, 1.807) is 13.3 Å². The fourth-order valence-corrected chi connectivity index (χ4v) is 3.76. The molecule has 0 aliphatic rings.